The van der Waals surface area contributed by atoms with E-state index in [1.54, 1.807) is 48.5 Å². The predicted molar refractivity (Wildman–Crippen MR) is 157 cm³/mol. The minimum Gasteiger partial charge on any atom is -0.453 e. The monoisotopic (exact) mass is 630 g/mol. The van der Waals surface area contributed by atoms with Crippen molar-refractivity contribution >= 4 is 56.8 Å². The average Bonchev–Trinajstić information content (AvgIpc) is 3.49. The molecule has 218 valence electrons. The Morgan fingerprint density at radius 1 is 1.10 bits per heavy atom. The minimum absolute atomic E-state index is 0.0309. The molecular weight excluding hydrogens is 607 g/mol. The molecule has 13 nitrogen and oxygen atoms in total. The normalized spacial score (nSPS) is 12.2. The highest BCUT2D eigenvalue weighted by Crippen LogP contribution is 2.30. The van der Waals surface area contributed by atoms with Gasteiger partial charge in [0.1, 0.15) is 16.2 Å². The molecule has 0 aliphatic heterocycles. The van der Waals surface area contributed by atoms with Gasteiger partial charge in [0.05, 0.1) is 30.3 Å². The van der Waals surface area contributed by atoms with Gasteiger partial charge < -0.3 is 10.1 Å². The Bertz CT molecular complexity index is 1720. The highest BCUT2D eigenvalue weighted by atomic mass is 35.5. The second-order valence-corrected chi connectivity index (χ2v) is 12.0. The Hall–Kier alpha value is -4.40. The molecule has 0 fully saturated rings. The molecule has 2 amide bonds. The van der Waals surface area contributed by atoms with E-state index >= 15 is 0 Å². The first-order valence-corrected chi connectivity index (χ1v) is 15.0. The van der Waals surface area contributed by atoms with Crippen LogP contribution in [0.25, 0.3) is 22.9 Å². The number of methoxy groups -OCH3 is 1. The number of carbonyl (C=O) groups is 2. The van der Waals surface area contributed by atoms with Crippen LogP contribution >= 0.6 is 23.2 Å². The van der Waals surface area contributed by atoms with Gasteiger partial charge in [0.2, 0.25) is 5.91 Å². The summed E-state index contributed by atoms with van der Waals surface area (Å²) in [5.74, 6) is -0.736. The van der Waals surface area contributed by atoms with Crippen molar-refractivity contribution in [1.82, 2.24) is 35.7 Å². The van der Waals surface area contributed by atoms with E-state index in [4.69, 9.17) is 23.2 Å². The van der Waals surface area contributed by atoms with Crippen LogP contribution in [0.5, 0.6) is 0 Å². The molecule has 2 aromatic heterocycles. The zero-order chi connectivity index (χ0) is 30.3. The lowest BCUT2D eigenvalue weighted by atomic mass is 10.0. The van der Waals surface area contributed by atoms with Crippen molar-refractivity contribution in [2.45, 2.75) is 12.5 Å². The van der Waals surface area contributed by atoms with E-state index in [9.17, 15) is 18.0 Å². The fourth-order valence-electron chi connectivity index (χ4n) is 3.82. The molecule has 2 N–H and O–H groups in total. The lowest BCUT2D eigenvalue weighted by Gasteiger charge is -2.18. The number of aromatic nitrogens is 6. The van der Waals surface area contributed by atoms with Gasteiger partial charge in [0, 0.05) is 34.2 Å². The fraction of sp³-hybridized carbons (Fsp3) is 0.192. The Kier molecular flexibility index (Phi) is 9.83. The lowest BCUT2D eigenvalue weighted by molar-refractivity contribution is -0.117. The van der Waals surface area contributed by atoms with Crippen LogP contribution in [0.3, 0.4) is 0 Å². The number of sulfone groups is 1. The first kappa shape index (κ1) is 30.6. The summed E-state index contributed by atoms with van der Waals surface area (Å²) >= 11 is 12.5. The molecule has 4 aromatic rings. The molecule has 2 aromatic carbocycles. The molecule has 42 heavy (non-hydrogen) atoms. The van der Waals surface area contributed by atoms with Crippen LogP contribution in [0.15, 0.2) is 60.9 Å². The number of nitrogens with one attached hydrogen (secondary N) is 2. The highest BCUT2D eigenvalue weighted by Gasteiger charge is 2.20. The topological polar surface area (TPSA) is 171 Å². The second-order valence-electron chi connectivity index (χ2n) is 8.94. The number of nitrogens with zero attached hydrogens (tertiary/aromatic N) is 6. The van der Waals surface area contributed by atoms with Crippen molar-refractivity contribution in [3.05, 3.63) is 82.4 Å². The van der Waals surface area contributed by atoms with E-state index in [1.807, 2.05) is 0 Å². The van der Waals surface area contributed by atoms with Crippen molar-refractivity contribution in [2.24, 2.45) is 0 Å². The molecule has 0 aliphatic carbocycles. The second kappa shape index (κ2) is 13.5. The van der Waals surface area contributed by atoms with E-state index in [0.29, 0.717) is 38.8 Å². The Morgan fingerprint density at radius 2 is 1.86 bits per heavy atom. The Labute approximate surface area is 250 Å². The van der Waals surface area contributed by atoms with Gasteiger partial charge in [-0.3, -0.25) is 10.1 Å². The lowest BCUT2D eigenvalue weighted by Crippen LogP contribution is -2.29. The molecule has 0 radical (unpaired) electrons. The predicted octanol–water partition coefficient (Wildman–Crippen LogP) is 3.91. The molecule has 1 atom stereocenters. The van der Waals surface area contributed by atoms with Gasteiger partial charge in [-0.1, -0.05) is 35.3 Å². The minimum atomic E-state index is -3.37. The number of rotatable bonds is 10. The van der Waals surface area contributed by atoms with Gasteiger partial charge in [-0.25, -0.2) is 13.2 Å². The number of halogens is 2. The standard InChI is InChI=1S/C26H24Cl2N8O5S/c1-41-26(38)30-19-7-3-16(4-8-19)20-14-22(32-33-25(20)28)21(11-12-42(2,39)40)31-24(37)10-5-17-13-18(27)6-9-23(17)36-15-29-34-35-36/h3-10,13-15,21H,11-12H2,1-2H3,(H,30,38)(H,31,37)/t21-/m0/s1. The van der Waals surface area contributed by atoms with Gasteiger partial charge in [-0.2, -0.15) is 9.78 Å². The molecular formula is C26H24Cl2N8O5S. The average molecular weight is 632 g/mol. The number of anilines is 1. The maximum Gasteiger partial charge on any atom is 0.411 e. The summed E-state index contributed by atoms with van der Waals surface area (Å²) in [6.45, 7) is 0. The van der Waals surface area contributed by atoms with E-state index in [0.717, 1.165) is 6.26 Å². The van der Waals surface area contributed by atoms with Gasteiger partial charge in [0.25, 0.3) is 0 Å². The highest BCUT2D eigenvalue weighted by molar-refractivity contribution is 7.90. The van der Waals surface area contributed by atoms with Crippen LogP contribution < -0.4 is 10.6 Å². The number of carbonyl (C=O) groups excluding carboxylic acids is 2. The SMILES string of the molecule is COC(=O)Nc1ccc(-c2cc([C@H](CCS(C)(=O)=O)NC(=O)C=Cc3cc(Cl)ccc3-n3cnnn3)nnc2Cl)cc1. The molecule has 16 heteroatoms. The van der Waals surface area contributed by atoms with Crippen LogP contribution in [0, 0.1) is 0 Å². The molecule has 2 heterocycles. The van der Waals surface area contributed by atoms with Crippen LogP contribution in [0.1, 0.15) is 23.7 Å². The van der Waals surface area contributed by atoms with Gasteiger partial charge in [0.15, 0.2) is 5.15 Å². The quantitative estimate of drug-likeness (QED) is 0.245. The molecule has 0 saturated heterocycles. The largest absolute Gasteiger partial charge is 0.453 e. The summed E-state index contributed by atoms with van der Waals surface area (Å²) in [5, 5.41) is 25.2. The van der Waals surface area contributed by atoms with Gasteiger partial charge in [-0.15, -0.1) is 10.2 Å². The third-order valence-electron chi connectivity index (χ3n) is 5.85. The smallest absolute Gasteiger partial charge is 0.411 e. The van der Waals surface area contributed by atoms with Crippen molar-refractivity contribution in [2.75, 3.05) is 24.4 Å². The van der Waals surface area contributed by atoms with E-state index in [1.165, 1.54) is 30.3 Å². The zero-order valence-electron chi connectivity index (χ0n) is 22.2. The van der Waals surface area contributed by atoms with Crippen molar-refractivity contribution < 1.29 is 22.7 Å². The van der Waals surface area contributed by atoms with Gasteiger partial charge >= 0.3 is 6.09 Å². The summed E-state index contributed by atoms with van der Waals surface area (Å²) in [4.78, 5) is 24.5. The number of hydrogen-bond donors (Lipinski definition) is 2. The number of tetrazole rings is 1. The summed E-state index contributed by atoms with van der Waals surface area (Å²) in [7, 11) is -2.11. The number of ether oxygens (including phenoxy) is 1. The van der Waals surface area contributed by atoms with Crippen LogP contribution in [0.2, 0.25) is 10.2 Å². The number of amides is 2. The number of hydrogen-bond acceptors (Lipinski definition) is 10. The summed E-state index contributed by atoms with van der Waals surface area (Å²) in [6.07, 6.45) is 4.74. The number of benzene rings is 2. The van der Waals surface area contributed by atoms with Crippen LogP contribution in [-0.4, -0.2) is 69.9 Å². The van der Waals surface area contributed by atoms with Crippen molar-refractivity contribution in [3.8, 4) is 16.8 Å². The third kappa shape index (κ3) is 8.31. The van der Waals surface area contributed by atoms with Gasteiger partial charge in [-0.05, 0) is 64.9 Å². The molecule has 0 spiro atoms. The molecule has 4 rings (SSSR count). The maximum absolute atomic E-state index is 13.0. The molecule has 0 aliphatic rings. The summed E-state index contributed by atoms with van der Waals surface area (Å²) in [6, 6.07) is 12.5. The summed E-state index contributed by atoms with van der Waals surface area (Å²) in [5.41, 5.74) is 3.09. The third-order valence-corrected chi connectivity index (χ3v) is 7.34. The first-order valence-electron chi connectivity index (χ1n) is 12.2. The van der Waals surface area contributed by atoms with E-state index in [-0.39, 0.29) is 17.3 Å². The maximum atomic E-state index is 13.0. The molecule has 0 saturated carbocycles. The fourth-order valence-corrected chi connectivity index (χ4v) is 4.86. The van der Waals surface area contributed by atoms with Crippen molar-refractivity contribution in [1.29, 1.82) is 0 Å². The Morgan fingerprint density at radius 3 is 2.52 bits per heavy atom. The van der Waals surface area contributed by atoms with E-state index in [2.05, 4.69) is 41.1 Å². The Balaban J connectivity index is 1.60. The molecule has 0 unspecified atom stereocenters. The summed E-state index contributed by atoms with van der Waals surface area (Å²) < 4.78 is 29.9. The van der Waals surface area contributed by atoms with Crippen LogP contribution in [0.4, 0.5) is 10.5 Å². The van der Waals surface area contributed by atoms with Crippen LogP contribution in [-0.2, 0) is 19.4 Å². The first-order chi connectivity index (χ1) is 20.0. The van der Waals surface area contributed by atoms with E-state index < -0.39 is 27.9 Å². The zero-order valence-corrected chi connectivity index (χ0v) is 24.6. The molecule has 0 bridgehead atoms. The van der Waals surface area contributed by atoms with Crippen molar-refractivity contribution in [3.63, 3.8) is 0 Å².